The smallest absolute Gasteiger partial charge is 0.0673 e. The first kappa shape index (κ1) is 14.3. The zero-order chi connectivity index (χ0) is 13.2. The van der Waals surface area contributed by atoms with Gasteiger partial charge in [0.15, 0.2) is 0 Å². The minimum atomic E-state index is -0.409. The van der Waals surface area contributed by atoms with Gasteiger partial charge in [0.05, 0.1) is 11.7 Å². The summed E-state index contributed by atoms with van der Waals surface area (Å²) in [7, 11) is 0. The third-order valence-corrected chi connectivity index (χ3v) is 5.17. The van der Waals surface area contributed by atoms with Crippen molar-refractivity contribution in [2.45, 2.75) is 83.8 Å². The highest BCUT2D eigenvalue weighted by atomic mass is 16.5. The molecular weight excluding hydrogens is 224 g/mol. The molecule has 3 atom stereocenters. The third kappa shape index (κ3) is 3.48. The Hall–Kier alpha value is -0.0800. The molecule has 0 bridgehead atoms. The summed E-state index contributed by atoms with van der Waals surface area (Å²) in [5, 5.41) is 10.8. The lowest BCUT2D eigenvalue weighted by molar-refractivity contribution is -0.0793. The molecule has 2 aliphatic rings. The van der Waals surface area contributed by atoms with E-state index in [9.17, 15) is 5.11 Å². The van der Waals surface area contributed by atoms with Crippen LogP contribution in [0.25, 0.3) is 0 Å². The first-order valence-corrected chi connectivity index (χ1v) is 7.75. The fraction of sp³-hybridized carbons (Fsp3) is 1.00. The second-order valence-corrected chi connectivity index (χ2v) is 7.40. The van der Waals surface area contributed by atoms with Crippen LogP contribution in [0.5, 0.6) is 0 Å². The van der Waals surface area contributed by atoms with Crippen LogP contribution in [0.3, 0.4) is 0 Å². The van der Waals surface area contributed by atoms with Gasteiger partial charge in [-0.2, -0.15) is 0 Å². The second kappa shape index (κ2) is 5.50. The van der Waals surface area contributed by atoms with E-state index in [0.717, 1.165) is 45.1 Å². The molecule has 2 heteroatoms. The zero-order valence-electron chi connectivity index (χ0n) is 12.4. The van der Waals surface area contributed by atoms with E-state index < -0.39 is 5.60 Å². The van der Waals surface area contributed by atoms with Gasteiger partial charge in [0, 0.05) is 6.61 Å². The summed E-state index contributed by atoms with van der Waals surface area (Å²) >= 11 is 0. The predicted octanol–water partition coefficient (Wildman–Crippen LogP) is 3.91. The van der Waals surface area contributed by atoms with Gasteiger partial charge in [0.1, 0.15) is 0 Å². The Balaban J connectivity index is 1.76. The second-order valence-electron chi connectivity index (χ2n) is 7.40. The number of hydrogen-bond donors (Lipinski definition) is 1. The van der Waals surface area contributed by atoms with Gasteiger partial charge >= 0.3 is 0 Å². The van der Waals surface area contributed by atoms with Gasteiger partial charge < -0.3 is 9.84 Å². The molecule has 0 aromatic carbocycles. The van der Waals surface area contributed by atoms with Gasteiger partial charge in [0.25, 0.3) is 0 Å². The molecule has 1 N–H and O–H groups in total. The van der Waals surface area contributed by atoms with Crippen molar-refractivity contribution in [2.75, 3.05) is 6.61 Å². The van der Waals surface area contributed by atoms with Crippen molar-refractivity contribution in [2.24, 2.45) is 11.3 Å². The maximum atomic E-state index is 10.8. The molecule has 2 nitrogen and oxygen atoms in total. The molecule has 2 rings (SSSR count). The molecule has 0 radical (unpaired) electrons. The molecule has 1 heterocycles. The molecule has 2 fully saturated rings. The van der Waals surface area contributed by atoms with Crippen LogP contribution in [-0.4, -0.2) is 23.4 Å². The van der Waals surface area contributed by atoms with E-state index in [0.29, 0.717) is 17.4 Å². The van der Waals surface area contributed by atoms with E-state index in [1.807, 2.05) is 0 Å². The molecule has 1 aliphatic heterocycles. The number of ether oxygens (including phenoxy) is 1. The number of aliphatic hydroxyl groups is 1. The average Bonchev–Trinajstić information content (AvgIpc) is 2.77. The Kier molecular flexibility index (Phi) is 4.38. The lowest BCUT2D eigenvalue weighted by Crippen LogP contribution is -2.44. The normalized spacial score (nSPS) is 40.0. The molecule has 1 saturated carbocycles. The predicted molar refractivity (Wildman–Crippen MR) is 74.6 cm³/mol. The fourth-order valence-corrected chi connectivity index (χ4v) is 3.80. The summed E-state index contributed by atoms with van der Waals surface area (Å²) in [6, 6.07) is 0. The summed E-state index contributed by atoms with van der Waals surface area (Å²) in [5.41, 5.74) is 0.00827. The first-order chi connectivity index (χ1) is 8.41. The largest absolute Gasteiger partial charge is 0.390 e. The Labute approximate surface area is 112 Å². The monoisotopic (exact) mass is 254 g/mol. The lowest BCUT2D eigenvalue weighted by Gasteiger charge is -2.45. The van der Waals surface area contributed by atoms with Crippen molar-refractivity contribution in [3.8, 4) is 0 Å². The lowest BCUT2D eigenvalue weighted by atomic mass is 9.64. The van der Waals surface area contributed by atoms with Crippen LogP contribution >= 0.6 is 0 Å². The first-order valence-electron chi connectivity index (χ1n) is 7.75. The molecule has 18 heavy (non-hydrogen) atoms. The van der Waals surface area contributed by atoms with Crippen LogP contribution in [0.2, 0.25) is 0 Å². The highest BCUT2D eigenvalue weighted by Gasteiger charge is 2.41. The van der Waals surface area contributed by atoms with Crippen molar-refractivity contribution in [1.82, 2.24) is 0 Å². The SMILES string of the molecule is CC1CC(C)(C)CCC1(O)CCCC1CCCO1. The standard InChI is InChI=1S/C16H30O2/c1-13-12-15(2,3)9-10-16(13,17)8-4-6-14-7-5-11-18-14/h13-14,17H,4-12H2,1-3H3. The highest BCUT2D eigenvalue weighted by Crippen LogP contribution is 2.45. The molecule has 0 aromatic rings. The Bertz CT molecular complexity index is 268. The summed E-state index contributed by atoms with van der Waals surface area (Å²) < 4.78 is 5.65. The molecule has 0 spiro atoms. The van der Waals surface area contributed by atoms with Gasteiger partial charge in [-0.05, 0) is 62.7 Å². The van der Waals surface area contributed by atoms with Gasteiger partial charge in [-0.25, -0.2) is 0 Å². The topological polar surface area (TPSA) is 29.5 Å². The van der Waals surface area contributed by atoms with Gasteiger partial charge in [-0.1, -0.05) is 20.8 Å². The molecule has 0 aromatic heterocycles. The van der Waals surface area contributed by atoms with Gasteiger partial charge in [0.2, 0.25) is 0 Å². The Morgan fingerprint density at radius 1 is 1.28 bits per heavy atom. The molecular formula is C16H30O2. The average molecular weight is 254 g/mol. The summed E-state index contributed by atoms with van der Waals surface area (Å²) in [6.07, 6.45) is 9.43. The minimum Gasteiger partial charge on any atom is -0.390 e. The molecule has 106 valence electrons. The van der Waals surface area contributed by atoms with Crippen molar-refractivity contribution < 1.29 is 9.84 Å². The van der Waals surface area contributed by atoms with E-state index in [-0.39, 0.29) is 0 Å². The zero-order valence-corrected chi connectivity index (χ0v) is 12.4. The van der Waals surface area contributed by atoms with Crippen molar-refractivity contribution in [3.63, 3.8) is 0 Å². The summed E-state index contributed by atoms with van der Waals surface area (Å²) in [4.78, 5) is 0. The van der Waals surface area contributed by atoms with Crippen LogP contribution in [-0.2, 0) is 4.74 Å². The molecule has 1 aliphatic carbocycles. The highest BCUT2D eigenvalue weighted by molar-refractivity contribution is 4.93. The van der Waals surface area contributed by atoms with Crippen LogP contribution in [0.4, 0.5) is 0 Å². The quantitative estimate of drug-likeness (QED) is 0.824. The van der Waals surface area contributed by atoms with E-state index in [4.69, 9.17) is 4.74 Å². The van der Waals surface area contributed by atoms with Gasteiger partial charge in [-0.15, -0.1) is 0 Å². The fourth-order valence-electron chi connectivity index (χ4n) is 3.80. The van der Waals surface area contributed by atoms with Crippen LogP contribution in [0.1, 0.15) is 72.1 Å². The Morgan fingerprint density at radius 3 is 2.67 bits per heavy atom. The van der Waals surface area contributed by atoms with Gasteiger partial charge in [-0.3, -0.25) is 0 Å². The van der Waals surface area contributed by atoms with Crippen LogP contribution in [0.15, 0.2) is 0 Å². The van der Waals surface area contributed by atoms with Crippen molar-refractivity contribution in [3.05, 3.63) is 0 Å². The molecule has 3 unspecified atom stereocenters. The molecule has 0 amide bonds. The van der Waals surface area contributed by atoms with Crippen molar-refractivity contribution >= 4 is 0 Å². The minimum absolute atomic E-state index is 0.409. The third-order valence-electron chi connectivity index (χ3n) is 5.17. The van der Waals surface area contributed by atoms with E-state index >= 15 is 0 Å². The summed E-state index contributed by atoms with van der Waals surface area (Å²) in [5.74, 6) is 0.436. The summed E-state index contributed by atoms with van der Waals surface area (Å²) in [6.45, 7) is 7.83. The molecule has 1 saturated heterocycles. The van der Waals surface area contributed by atoms with E-state index in [1.165, 1.54) is 12.8 Å². The maximum absolute atomic E-state index is 10.8. The van der Waals surface area contributed by atoms with Crippen LogP contribution in [0, 0.1) is 11.3 Å². The number of hydrogen-bond acceptors (Lipinski definition) is 2. The Morgan fingerprint density at radius 2 is 2.06 bits per heavy atom. The van der Waals surface area contributed by atoms with Crippen LogP contribution < -0.4 is 0 Å². The maximum Gasteiger partial charge on any atom is 0.0673 e. The number of rotatable bonds is 4. The van der Waals surface area contributed by atoms with E-state index in [1.54, 1.807) is 0 Å². The van der Waals surface area contributed by atoms with E-state index in [2.05, 4.69) is 20.8 Å². The van der Waals surface area contributed by atoms with Crippen molar-refractivity contribution in [1.29, 1.82) is 0 Å².